The number of aromatic nitrogens is 1. The summed E-state index contributed by atoms with van der Waals surface area (Å²) < 4.78 is 0. The zero-order valence-corrected chi connectivity index (χ0v) is 10.4. The molecule has 1 aromatic heterocycles. The van der Waals surface area contributed by atoms with Gasteiger partial charge in [0, 0.05) is 5.38 Å². The molecule has 0 aromatic carbocycles. The summed E-state index contributed by atoms with van der Waals surface area (Å²) in [6, 6.07) is 0. The van der Waals surface area contributed by atoms with Crippen LogP contribution >= 0.6 is 11.3 Å². The summed E-state index contributed by atoms with van der Waals surface area (Å²) in [7, 11) is 0. The van der Waals surface area contributed by atoms with Crippen molar-refractivity contribution in [1.82, 2.24) is 4.98 Å². The number of nitrogens with zero attached hydrogens (tertiary/aromatic N) is 1. The zero-order chi connectivity index (χ0) is 11.6. The molecule has 0 aliphatic rings. The summed E-state index contributed by atoms with van der Waals surface area (Å²) >= 11 is 1.52. The number of carbonyl (C=O) groups excluding carboxylic acids is 1. The van der Waals surface area contributed by atoms with Crippen molar-refractivity contribution in [1.29, 1.82) is 0 Å². The average molecular weight is 227 g/mol. The van der Waals surface area contributed by atoms with Crippen LogP contribution in [-0.4, -0.2) is 22.0 Å². The van der Waals surface area contributed by atoms with Crippen LogP contribution in [0.3, 0.4) is 0 Å². The van der Waals surface area contributed by atoms with E-state index in [1.54, 1.807) is 0 Å². The van der Waals surface area contributed by atoms with Crippen molar-refractivity contribution in [2.24, 2.45) is 5.41 Å². The maximum atomic E-state index is 11.7. The van der Waals surface area contributed by atoms with Gasteiger partial charge in [-0.25, -0.2) is 4.98 Å². The minimum Gasteiger partial charge on any atom is -0.385 e. The van der Waals surface area contributed by atoms with Crippen molar-refractivity contribution >= 4 is 17.1 Å². The van der Waals surface area contributed by atoms with E-state index in [1.807, 2.05) is 33.1 Å². The van der Waals surface area contributed by atoms with Crippen molar-refractivity contribution in [3.05, 3.63) is 16.1 Å². The molecule has 0 aliphatic heterocycles. The standard InChI is InChI=1S/C11H17NO2S/c1-7-12-8(6-15-7)5-9(13)10(14)11(2,3)4/h6,10,14H,5H2,1-4H3. The molecule has 0 radical (unpaired) electrons. The number of aliphatic hydroxyl groups excluding tert-OH is 1. The predicted octanol–water partition coefficient (Wildman–Crippen LogP) is 1.97. The molecule has 1 rings (SSSR count). The zero-order valence-electron chi connectivity index (χ0n) is 9.57. The average Bonchev–Trinajstić information content (AvgIpc) is 2.48. The van der Waals surface area contributed by atoms with Gasteiger partial charge in [-0.2, -0.15) is 0 Å². The van der Waals surface area contributed by atoms with Gasteiger partial charge in [0.1, 0.15) is 6.10 Å². The lowest BCUT2D eigenvalue weighted by molar-refractivity contribution is -0.131. The van der Waals surface area contributed by atoms with E-state index in [0.29, 0.717) is 0 Å². The lowest BCUT2D eigenvalue weighted by atomic mass is 9.85. The molecule has 1 atom stereocenters. The number of Topliss-reactive ketones (excluding diaryl/α,β-unsaturated/α-hetero) is 1. The molecular weight excluding hydrogens is 210 g/mol. The number of hydrogen-bond donors (Lipinski definition) is 1. The third-order valence-electron chi connectivity index (χ3n) is 2.15. The first kappa shape index (κ1) is 12.3. The van der Waals surface area contributed by atoms with E-state index in [4.69, 9.17) is 0 Å². The first-order valence-corrected chi connectivity index (χ1v) is 5.80. The maximum absolute atomic E-state index is 11.7. The number of rotatable bonds is 3. The molecular formula is C11H17NO2S. The SMILES string of the molecule is Cc1nc(CC(=O)C(O)C(C)(C)C)cs1. The highest BCUT2D eigenvalue weighted by Gasteiger charge is 2.28. The van der Waals surface area contributed by atoms with Gasteiger partial charge in [0.25, 0.3) is 0 Å². The molecule has 0 amide bonds. The van der Waals surface area contributed by atoms with Crippen LogP contribution in [0.5, 0.6) is 0 Å². The van der Waals surface area contributed by atoms with E-state index in [-0.39, 0.29) is 12.2 Å². The Kier molecular flexibility index (Phi) is 3.62. The van der Waals surface area contributed by atoms with Gasteiger partial charge in [-0.05, 0) is 12.3 Å². The Morgan fingerprint density at radius 1 is 1.60 bits per heavy atom. The molecule has 3 nitrogen and oxygen atoms in total. The highest BCUT2D eigenvalue weighted by Crippen LogP contribution is 2.21. The highest BCUT2D eigenvalue weighted by molar-refractivity contribution is 7.09. The molecule has 1 unspecified atom stereocenters. The molecule has 0 saturated carbocycles. The molecule has 0 bridgehead atoms. The third-order valence-corrected chi connectivity index (χ3v) is 2.97. The van der Waals surface area contributed by atoms with Crippen LogP contribution < -0.4 is 0 Å². The van der Waals surface area contributed by atoms with Crippen LogP contribution in [0.25, 0.3) is 0 Å². The largest absolute Gasteiger partial charge is 0.385 e. The molecule has 0 fully saturated rings. The highest BCUT2D eigenvalue weighted by atomic mass is 32.1. The van der Waals surface area contributed by atoms with Crippen LogP contribution in [0.4, 0.5) is 0 Å². The van der Waals surface area contributed by atoms with E-state index in [0.717, 1.165) is 10.7 Å². The quantitative estimate of drug-likeness (QED) is 0.859. The second-order valence-electron chi connectivity index (χ2n) is 4.77. The normalized spacial score (nSPS) is 13.9. The van der Waals surface area contributed by atoms with Gasteiger partial charge in [-0.15, -0.1) is 11.3 Å². The Morgan fingerprint density at radius 3 is 2.60 bits per heavy atom. The van der Waals surface area contributed by atoms with Crippen LogP contribution in [0.15, 0.2) is 5.38 Å². The van der Waals surface area contributed by atoms with Gasteiger partial charge in [0.05, 0.1) is 17.1 Å². The Labute approximate surface area is 94.2 Å². The summed E-state index contributed by atoms with van der Waals surface area (Å²) in [4.78, 5) is 15.9. The molecule has 84 valence electrons. The molecule has 15 heavy (non-hydrogen) atoms. The Balaban J connectivity index is 2.64. The van der Waals surface area contributed by atoms with Gasteiger partial charge in [-0.3, -0.25) is 4.79 Å². The van der Waals surface area contributed by atoms with Crippen molar-refractivity contribution in [2.75, 3.05) is 0 Å². The predicted molar refractivity (Wildman–Crippen MR) is 61.0 cm³/mol. The number of aryl methyl sites for hydroxylation is 1. The maximum Gasteiger partial charge on any atom is 0.167 e. The Bertz CT molecular complexity index is 352. The van der Waals surface area contributed by atoms with E-state index in [1.165, 1.54) is 11.3 Å². The monoisotopic (exact) mass is 227 g/mol. The van der Waals surface area contributed by atoms with E-state index >= 15 is 0 Å². The summed E-state index contributed by atoms with van der Waals surface area (Å²) in [5.74, 6) is -0.159. The molecule has 1 N–H and O–H groups in total. The summed E-state index contributed by atoms with van der Waals surface area (Å²) in [6.07, 6.45) is -0.692. The second-order valence-corrected chi connectivity index (χ2v) is 5.83. The lowest BCUT2D eigenvalue weighted by Gasteiger charge is -2.24. The fourth-order valence-corrected chi connectivity index (χ4v) is 1.86. The van der Waals surface area contributed by atoms with Gasteiger partial charge >= 0.3 is 0 Å². The van der Waals surface area contributed by atoms with Crippen molar-refractivity contribution in [2.45, 2.75) is 40.2 Å². The number of aliphatic hydroxyl groups is 1. The minimum absolute atomic E-state index is 0.159. The topological polar surface area (TPSA) is 50.2 Å². The van der Waals surface area contributed by atoms with Crippen molar-refractivity contribution < 1.29 is 9.90 Å². The van der Waals surface area contributed by atoms with Crippen molar-refractivity contribution in [3.8, 4) is 0 Å². The van der Waals surface area contributed by atoms with Crippen LogP contribution in [0.2, 0.25) is 0 Å². The number of ketones is 1. The van der Waals surface area contributed by atoms with Crippen LogP contribution in [0, 0.1) is 12.3 Å². The number of hydrogen-bond acceptors (Lipinski definition) is 4. The van der Waals surface area contributed by atoms with Gasteiger partial charge in [0.2, 0.25) is 0 Å². The van der Waals surface area contributed by atoms with Crippen LogP contribution in [0.1, 0.15) is 31.5 Å². The fourth-order valence-electron chi connectivity index (χ4n) is 1.25. The second kappa shape index (κ2) is 4.41. The molecule has 0 saturated heterocycles. The first-order chi connectivity index (χ1) is 6.80. The molecule has 0 spiro atoms. The van der Waals surface area contributed by atoms with E-state index in [9.17, 15) is 9.90 Å². The van der Waals surface area contributed by atoms with E-state index < -0.39 is 11.5 Å². The Morgan fingerprint density at radius 2 is 2.20 bits per heavy atom. The smallest absolute Gasteiger partial charge is 0.167 e. The van der Waals surface area contributed by atoms with Crippen LogP contribution in [-0.2, 0) is 11.2 Å². The number of carbonyl (C=O) groups is 1. The van der Waals surface area contributed by atoms with Crippen molar-refractivity contribution in [3.63, 3.8) is 0 Å². The summed E-state index contributed by atoms with van der Waals surface area (Å²) in [5.41, 5.74) is 0.355. The van der Waals surface area contributed by atoms with Gasteiger partial charge in [-0.1, -0.05) is 20.8 Å². The summed E-state index contributed by atoms with van der Waals surface area (Å²) in [6.45, 7) is 7.45. The first-order valence-electron chi connectivity index (χ1n) is 4.92. The molecule has 1 heterocycles. The van der Waals surface area contributed by atoms with Gasteiger partial charge < -0.3 is 5.11 Å². The lowest BCUT2D eigenvalue weighted by Crippen LogP contribution is -2.35. The molecule has 1 aromatic rings. The fraction of sp³-hybridized carbons (Fsp3) is 0.636. The molecule has 4 heteroatoms. The minimum atomic E-state index is -0.917. The third kappa shape index (κ3) is 3.39. The van der Waals surface area contributed by atoms with E-state index in [2.05, 4.69) is 4.98 Å². The molecule has 0 aliphatic carbocycles. The Hall–Kier alpha value is -0.740. The summed E-state index contributed by atoms with van der Waals surface area (Å²) in [5, 5.41) is 12.6. The number of thiazole rings is 1. The van der Waals surface area contributed by atoms with Gasteiger partial charge in [0.15, 0.2) is 5.78 Å².